The van der Waals surface area contributed by atoms with E-state index in [1.54, 1.807) is 0 Å². The lowest BCUT2D eigenvalue weighted by Crippen LogP contribution is -2.25. The van der Waals surface area contributed by atoms with Crippen molar-refractivity contribution in [3.63, 3.8) is 0 Å². The molecule has 0 spiro atoms. The predicted octanol–water partition coefficient (Wildman–Crippen LogP) is 2.94. The molecule has 88 valence electrons. The first-order valence-corrected chi connectivity index (χ1v) is 6.31. The molecule has 1 aliphatic carbocycles. The molecule has 1 atom stereocenters. The van der Waals surface area contributed by atoms with Crippen LogP contribution in [0.1, 0.15) is 38.3 Å². The largest absolute Gasteiger partial charge is 0.372 e. The van der Waals surface area contributed by atoms with E-state index < -0.39 is 0 Å². The fourth-order valence-corrected chi connectivity index (χ4v) is 2.02. The molecule has 0 amide bonds. The molecule has 2 heteroatoms. The summed E-state index contributed by atoms with van der Waals surface area (Å²) in [6.45, 7) is 6.56. The van der Waals surface area contributed by atoms with Gasteiger partial charge in [0.1, 0.15) is 0 Å². The molecular weight excluding hydrogens is 196 g/mol. The van der Waals surface area contributed by atoms with Crippen molar-refractivity contribution >= 4 is 5.69 Å². The normalized spacial score (nSPS) is 17.2. The Morgan fingerprint density at radius 2 is 1.94 bits per heavy atom. The zero-order valence-electron chi connectivity index (χ0n) is 10.3. The number of rotatable bonds is 5. The molecule has 1 unspecified atom stereocenters. The quantitative estimate of drug-likeness (QED) is 0.823. The molecule has 16 heavy (non-hydrogen) atoms. The van der Waals surface area contributed by atoms with Gasteiger partial charge in [-0.05, 0) is 50.3 Å². The minimum absolute atomic E-state index is 0.132. The van der Waals surface area contributed by atoms with Gasteiger partial charge in [-0.2, -0.15) is 0 Å². The van der Waals surface area contributed by atoms with E-state index in [1.165, 1.54) is 30.6 Å². The van der Waals surface area contributed by atoms with Crippen LogP contribution in [0.2, 0.25) is 0 Å². The van der Waals surface area contributed by atoms with Crippen molar-refractivity contribution in [2.45, 2.75) is 32.7 Å². The molecule has 1 aromatic rings. The molecule has 2 nitrogen and oxygen atoms in total. The summed E-state index contributed by atoms with van der Waals surface area (Å²) in [4.78, 5) is 2.46. The van der Waals surface area contributed by atoms with E-state index in [4.69, 9.17) is 5.73 Å². The van der Waals surface area contributed by atoms with E-state index in [1.807, 2.05) is 6.92 Å². The molecular formula is C14H22N2. The van der Waals surface area contributed by atoms with Crippen LogP contribution in [0.25, 0.3) is 0 Å². The highest BCUT2D eigenvalue weighted by molar-refractivity contribution is 5.48. The van der Waals surface area contributed by atoms with Gasteiger partial charge in [-0.1, -0.05) is 12.1 Å². The van der Waals surface area contributed by atoms with Crippen molar-refractivity contribution in [2.75, 3.05) is 18.0 Å². The third-order valence-electron chi connectivity index (χ3n) is 3.34. The van der Waals surface area contributed by atoms with Crippen molar-refractivity contribution in [3.05, 3.63) is 29.8 Å². The third-order valence-corrected chi connectivity index (χ3v) is 3.34. The summed E-state index contributed by atoms with van der Waals surface area (Å²) >= 11 is 0. The van der Waals surface area contributed by atoms with Crippen LogP contribution >= 0.6 is 0 Å². The van der Waals surface area contributed by atoms with Crippen molar-refractivity contribution in [1.82, 2.24) is 0 Å². The van der Waals surface area contributed by atoms with E-state index in [0.29, 0.717) is 0 Å². The second-order valence-corrected chi connectivity index (χ2v) is 4.86. The lowest BCUT2D eigenvalue weighted by atomic mass is 10.1. The summed E-state index contributed by atoms with van der Waals surface area (Å²) in [6.07, 6.45) is 2.82. The Balaban J connectivity index is 2.05. The summed E-state index contributed by atoms with van der Waals surface area (Å²) in [6, 6.07) is 8.83. The second kappa shape index (κ2) is 4.88. The van der Waals surface area contributed by atoms with E-state index >= 15 is 0 Å². The topological polar surface area (TPSA) is 29.3 Å². The number of hydrogen-bond acceptors (Lipinski definition) is 2. The highest BCUT2D eigenvalue weighted by atomic mass is 15.1. The lowest BCUT2D eigenvalue weighted by Gasteiger charge is -2.23. The number of anilines is 1. The number of hydrogen-bond donors (Lipinski definition) is 1. The van der Waals surface area contributed by atoms with Crippen LogP contribution in [0.15, 0.2) is 24.3 Å². The summed E-state index contributed by atoms with van der Waals surface area (Å²) in [5.41, 5.74) is 8.40. The van der Waals surface area contributed by atoms with Crippen LogP contribution in [-0.2, 0) is 0 Å². The highest BCUT2D eigenvalue weighted by Gasteiger charge is 2.23. The smallest absolute Gasteiger partial charge is 0.0366 e. The van der Waals surface area contributed by atoms with E-state index in [2.05, 4.69) is 36.1 Å². The van der Waals surface area contributed by atoms with Gasteiger partial charge in [0.05, 0.1) is 0 Å². The lowest BCUT2D eigenvalue weighted by molar-refractivity contribution is 0.741. The van der Waals surface area contributed by atoms with Crippen LogP contribution in [0, 0.1) is 5.92 Å². The first-order valence-electron chi connectivity index (χ1n) is 6.31. The minimum atomic E-state index is 0.132. The molecule has 1 aliphatic rings. The van der Waals surface area contributed by atoms with Crippen molar-refractivity contribution < 1.29 is 0 Å². The zero-order valence-corrected chi connectivity index (χ0v) is 10.3. The molecule has 0 radical (unpaired) electrons. The fraction of sp³-hybridized carbons (Fsp3) is 0.571. The Kier molecular flexibility index (Phi) is 3.49. The average Bonchev–Trinajstić information content (AvgIpc) is 3.10. The number of nitrogens with zero attached hydrogens (tertiary/aromatic N) is 1. The fourth-order valence-electron chi connectivity index (χ4n) is 2.02. The zero-order chi connectivity index (χ0) is 11.5. The van der Waals surface area contributed by atoms with Gasteiger partial charge >= 0.3 is 0 Å². The molecule has 0 heterocycles. The Bertz CT molecular complexity index is 325. The third kappa shape index (κ3) is 2.76. The maximum absolute atomic E-state index is 5.85. The Morgan fingerprint density at radius 3 is 2.38 bits per heavy atom. The van der Waals surface area contributed by atoms with Gasteiger partial charge < -0.3 is 10.6 Å². The Hall–Kier alpha value is -1.02. The molecule has 1 aromatic carbocycles. The summed E-state index contributed by atoms with van der Waals surface area (Å²) in [7, 11) is 0. The number of nitrogens with two attached hydrogens (primary N) is 1. The first-order chi connectivity index (χ1) is 7.70. The van der Waals surface area contributed by atoms with Crippen LogP contribution in [-0.4, -0.2) is 13.1 Å². The maximum Gasteiger partial charge on any atom is 0.0366 e. The van der Waals surface area contributed by atoms with E-state index in [0.717, 1.165) is 12.5 Å². The average molecular weight is 218 g/mol. The van der Waals surface area contributed by atoms with Gasteiger partial charge in [-0.3, -0.25) is 0 Å². The molecule has 0 saturated heterocycles. The summed E-state index contributed by atoms with van der Waals surface area (Å²) < 4.78 is 0. The van der Waals surface area contributed by atoms with E-state index in [9.17, 15) is 0 Å². The highest BCUT2D eigenvalue weighted by Crippen LogP contribution is 2.31. The van der Waals surface area contributed by atoms with Gasteiger partial charge in [0.2, 0.25) is 0 Å². The van der Waals surface area contributed by atoms with Crippen LogP contribution in [0.5, 0.6) is 0 Å². The van der Waals surface area contributed by atoms with Crippen molar-refractivity contribution in [2.24, 2.45) is 11.7 Å². The van der Waals surface area contributed by atoms with Gasteiger partial charge in [-0.15, -0.1) is 0 Å². The van der Waals surface area contributed by atoms with Gasteiger partial charge in [0.15, 0.2) is 0 Å². The second-order valence-electron chi connectivity index (χ2n) is 4.86. The molecule has 2 N–H and O–H groups in total. The standard InChI is InChI=1S/C14H22N2/c1-3-16(10-12-4-5-12)14-8-6-13(7-9-14)11(2)15/h6-9,11-12H,3-5,10,15H2,1-2H3. The summed E-state index contributed by atoms with van der Waals surface area (Å²) in [5, 5.41) is 0. The summed E-state index contributed by atoms with van der Waals surface area (Å²) in [5.74, 6) is 0.938. The first kappa shape index (κ1) is 11.5. The Labute approximate surface area is 98.4 Å². The monoisotopic (exact) mass is 218 g/mol. The molecule has 0 aliphatic heterocycles. The molecule has 0 bridgehead atoms. The SMILES string of the molecule is CCN(CC1CC1)c1ccc(C(C)N)cc1. The molecule has 1 fully saturated rings. The predicted molar refractivity (Wildman–Crippen MR) is 69.7 cm³/mol. The molecule has 2 rings (SSSR count). The van der Waals surface area contributed by atoms with Crippen molar-refractivity contribution in [1.29, 1.82) is 0 Å². The van der Waals surface area contributed by atoms with Gasteiger partial charge in [0, 0.05) is 24.8 Å². The van der Waals surface area contributed by atoms with E-state index in [-0.39, 0.29) is 6.04 Å². The molecule has 1 saturated carbocycles. The Morgan fingerprint density at radius 1 is 1.31 bits per heavy atom. The minimum Gasteiger partial charge on any atom is -0.372 e. The molecule has 0 aromatic heterocycles. The van der Waals surface area contributed by atoms with Crippen molar-refractivity contribution in [3.8, 4) is 0 Å². The van der Waals surface area contributed by atoms with Crippen LogP contribution in [0.3, 0.4) is 0 Å². The number of benzene rings is 1. The van der Waals surface area contributed by atoms with Gasteiger partial charge in [-0.25, -0.2) is 0 Å². The van der Waals surface area contributed by atoms with Crippen LogP contribution in [0.4, 0.5) is 5.69 Å². The maximum atomic E-state index is 5.85. The van der Waals surface area contributed by atoms with Crippen LogP contribution < -0.4 is 10.6 Å². The van der Waals surface area contributed by atoms with Gasteiger partial charge in [0.25, 0.3) is 0 Å².